The van der Waals surface area contributed by atoms with E-state index in [-0.39, 0.29) is 12.5 Å². The molecule has 0 saturated heterocycles. The molecule has 0 bridgehead atoms. The molecule has 0 atom stereocenters. The molecular formula is C9H18INO3. The summed E-state index contributed by atoms with van der Waals surface area (Å²) < 4.78 is 12.5. The highest BCUT2D eigenvalue weighted by atomic mass is 127. The minimum atomic E-state index is -0.0787. The predicted molar refractivity (Wildman–Crippen MR) is 63.3 cm³/mol. The molecule has 14 heavy (non-hydrogen) atoms. The second-order valence-electron chi connectivity index (χ2n) is 2.98. The van der Waals surface area contributed by atoms with Gasteiger partial charge in [-0.1, -0.05) is 12.8 Å². The normalized spacial score (nSPS) is 10.1. The summed E-state index contributed by atoms with van der Waals surface area (Å²) in [6, 6.07) is 0. The van der Waals surface area contributed by atoms with Crippen molar-refractivity contribution in [2.45, 2.75) is 25.7 Å². The standard InChI is InChI=1S/C9H18INO3/c1-13-6-4-2-3-5-7-14-8-9(12)11-10/h2-8H2,1H3,(H,11,12). The van der Waals surface area contributed by atoms with Crippen molar-refractivity contribution in [3.05, 3.63) is 0 Å². The molecule has 0 aromatic rings. The first-order chi connectivity index (χ1) is 6.81. The van der Waals surface area contributed by atoms with Crippen LogP contribution in [0, 0.1) is 0 Å². The Labute approximate surface area is 99.2 Å². The van der Waals surface area contributed by atoms with Gasteiger partial charge in [0.05, 0.1) is 22.9 Å². The first-order valence-corrected chi connectivity index (χ1v) is 5.85. The van der Waals surface area contributed by atoms with Gasteiger partial charge in [0.2, 0.25) is 0 Å². The Hall–Kier alpha value is 0.120. The molecule has 1 N–H and O–H groups in total. The van der Waals surface area contributed by atoms with Gasteiger partial charge in [0.1, 0.15) is 6.61 Å². The van der Waals surface area contributed by atoms with E-state index in [2.05, 4.69) is 3.53 Å². The molecule has 5 heteroatoms. The van der Waals surface area contributed by atoms with Crippen LogP contribution in [-0.4, -0.2) is 32.8 Å². The fraction of sp³-hybridized carbons (Fsp3) is 0.889. The monoisotopic (exact) mass is 315 g/mol. The minimum absolute atomic E-state index is 0.0787. The van der Waals surface area contributed by atoms with Crippen LogP contribution in [-0.2, 0) is 14.3 Å². The summed E-state index contributed by atoms with van der Waals surface area (Å²) in [6.07, 6.45) is 4.41. The van der Waals surface area contributed by atoms with Gasteiger partial charge in [-0.2, -0.15) is 0 Å². The SMILES string of the molecule is COCCCCCCOCC(=O)NI. The second-order valence-corrected chi connectivity index (χ2v) is 3.52. The topological polar surface area (TPSA) is 47.6 Å². The Balaban J connectivity index is 2.95. The number of hydrogen-bond donors (Lipinski definition) is 1. The van der Waals surface area contributed by atoms with Crippen molar-refractivity contribution in [1.29, 1.82) is 0 Å². The number of hydrogen-bond acceptors (Lipinski definition) is 3. The zero-order valence-electron chi connectivity index (χ0n) is 8.55. The van der Waals surface area contributed by atoms with Crippen molar-refractivity contribution in [1.82, 2.24) is 3.53 Å². The fourth-order valence-electron chi connectivity index (χ4n) is 0.996. The van der Waals surface area contributed by atoms with E-state index in [9.17, 15) is 4.79 Å². The predicted octanol–water partition coefficient (Wildman–Crippen LogP) is 1.68. The quantitative estimate of drug-likeness (QED) is 0.400. The van der Waals surface area contributed by atoms with Gasteiger partial charge < -0.3 is 9.47 Å². The summed E-state index contributed by atoms with van der Waals surface area (Å²) in [5.41, 5.74) is 0. The molecule has 0 aliphatic rings. The molecule has 4 nitrogen and oxygen atoms in total. The Morgan fingerprint density at radius 2 is 1.86 bits per heavy atom. The van der Waals surface area contributed by atoms with E-state index in [0.29, 0.717) is 6.61 Å². The third-order valence-electron chi connectivity index (χ3n) is 1.73. The number of halogens is 1. The number of rotatable bonds is 9. The van der Waals surface area contributed by atoms with E-state index >= 15 is 0 Å². The van der Waals surface area contributed by atoms with Crippen LogP contribution in [0.3, 0.4) is 0 Å². The van der Waals surface area contributed by atoms with E-state index in [1.54, 1.807) is 30.0 Å². The highest BCUT2D eigenvalue weighted by Gasteiger charge is 1.97. The molecule has 0 radical (unpaired) electrons. The third kappa shape index (κ3) is 10.2. The molecule has 0 aliphatic carbocycles. The summed E-state index contributed by atoms with van der Waals surface area (Å²) in [7, 11) is 1.71. The van der Waals surface area contributed by atoms with E-state index in [4.69, 9.17) is 9.47 Å². The Morgan fingerprint density at radius 1 is 1.21 bits per heavy atom. The van der Waals surface area contributed by atoms with Crippen molar-refractivity contribution in [2.24, 2.45) is 0 Å². The summed E-state index contributed by atoms with van der Waals surface area (Å²) in [6.45, 7) is 1.66. The lowest BCUT2D eigenvalue weighted by atomic mass is 10.2. The van der Waals surface area contributed by atoms with Gasteiger partial charge >= 0.3 is 0 Å². The van der Waals surface area contributed by atoms with Gasteiger partial charge in [-0.3, -0.25) is 8.32 Å². The van der Waals surface area contributed by atoms with Gasteiger partial charge in [-0.05, 0) is 12.8 Å². The van der Waals surface area contributed by atoms with Gasteiger partial charge in [-0.15, -0.1) is 0 Å². The highest BCUT2D eigenvalue weighted by molar-refractivity contribution is 14.1. The Morgan fingerprint density at radius 3 is 2.43 bits per heavy atom. The second kappa shape index (κ2) is 11.2. The average molecular weight is 315 g/mol. The molecule has 0 unspecified atom stereocenters. The van der Waals surface area contributed by atoms with Crippen molar-refractivity contribution in [2.75, 3.05) is 26.9 Å². The third-order valence-corrected chi connectivity index (χ3v) is 2.33. The van der Waals surface area contributed by atoms with Crippen LogP contribution in [0.25, 0.3) is 0 Å². The maximum absolute atomic E-state index is 10.7. The average Bonchev–Trinajstić information content (AvgIpc) is 2.21. The zero-order chi connectivity index (χ0) is 10.6. The van der Waals surface area contributed by atoms with E-state index in [0.717, 1.165) is 32.3 Å². The van der Waals surface area contributed by atoms with Crippen LogP contribution in [0.5, 0.6) is 0 Å². The van der Waals surface area contributed by atoms with Crippen molar-refractivity contribution in [3.8, 4) is 0 Å². The summed E-state index contributed by atoms with van der Waals surface area (Å²) in [4.78, 5) is 10.7. The summed E-state index contributed by atoms with van der Waals surface area (Å²) >= 11 is 1.80. The molecule has 0 fully saturated rings. The Kier molecular flexibility index (Phi) is 11.3. The van der Waals surface area contributed by atoms with Crippen molar-refractivity contribution < 1.29 is 14.3 Å². The molecule has 0 aromatic carbocycles. The van der Waals surface area contributed by atoms with Crippen molar-refractivity contribution >= 4 is 28.8 Å². The molecule has 0 spiro atoms. The number of nitrogens with one attached hydrogen (secondary N) is 1. The van der Waals surface area contributed by atoms with Crippen LogP contribution in [0.2, 0.25) is 0 Å². The highest BCUT2D eigenvalue weighted by Crippen LogP contribution is 1.99. The number of carbonyl (C=O) groups is 1. The molecule has 84 valence electrons. The molecule has 0 aromatic heterocycles. The summed E-state index contributed by atoms with van der Waals surface area (Å²) in [5, 5.41) is 0. The Bertz CT molecular complexity index is 144. The molecule has 0 aliphatic heterocycles. The molecule has 0 saturated carbocycles. The molecule has 0 rings (SSSR count). The van der Waals surface area contributed by atoms with E-state index in [1.807, 2.05) is 0 Å². The van der Waals surface area contributed by atoms with Crippen LogP contribution in [0.1, 0.15) is 25.7 Å². The van der Waals surface area contributed by atoms with Crippen LogP contribution in [0.15, 0.2) is 0 Å². The number of ether oxygens (including phenoxy) is 2. The van der Waals surface area contributed by atoms with Gasteiger partial charge in [0.25, 0.3) is 5.91 Å². The van der Waals surface area contributed by atoms with Crippen LogP contribution >= 0.6 is 22.9 Å². The number of amides is 1. The van der Waals surface area contributed by atoms with Gasteiger partial charge in [0, 0.05) is 20.3 Å². The first-order valence-electron chi connectivity index (χ1n) is 4.77. The number of unbranched alkanes of at least 4 members (excludes halogenated alkanes) is 3. The first kappa shape index (κ1) is 14.1. The largest absolute Gasteiger partial charge is 0.385 e. The maximum atomic E-state index is 10.7. The lowest BCUT2D eigenvalue weighted by molar-refractivity contribution is -0.123. The molecule has 1 amide bonds. The smallest absolute Gasteiger partial charge is 0.254 e. The fourth-order valence-corrected chi connectivity index (χ4v) is 1.15. The van der Waals surface area contributed by atoms with Crippen LogP contribution < -0.4 is 3.53 Å². The number of carbonyl (C=O) groups excluding carboxylic acids is 1. The van der Waals surface area contributed by atoms with Gasteiger partial charge in [0.15, 0.2) is 0 Å². The summed E-state index contributed by atoms with van der Waals surface area (Å²) in [5.74, 6) is -0.0787. The lowest BCUT2D eigenvalue weighted by Crippen LogP contribution is -2.18. The van der Waals surface area contributed by atoms with E-state index < -0.39 is 0 Å². The lowest BCUT2D eigenvalue weighted by Gasteiger charge is -2.02. The molecular weight excluding hydrogens is 297 g/mol. The number of methoxy groups -OCH3 is 1. The zero-order valence-corrected chi connectivity index (χ0v) is 10.7. The van der Waals surface area contributed by atoms with Gasteiger partial charge in [-0.25, -0.2) is 0 Å². The molecule has 0 heterocycles. The van der Waals surface area contributed by atoms with Crippen LogP contribution in [0.4, 0.5) is 0 Å². The minimum Gasteiger partial charge on any atom is -0.385 e. The van der Waals surface area contributed by atoms with E-state index in [1.165, 1.54) is 0 Å². The maximum Gasteiger partial charge on any atom is 0.254 e. The van der Waals surface area contributed by atoms with Crippen molar-refractivity contribution in [3.63, 3.8) is 0 Å².